The highest BCUT2D eigenvalue weighted by atomic mass is 32.2. The van der Waals surface area contributed by atoms with Gasteiger partial charge in [-0.25, -0.2) is 13.1 Å². The van der Waals surface area contributed by atoms with E-state index in [4.69, 9.17) is 0 Å². The molecule has 1 N–H and O–H groups in total. The highest BCUT2D eigenvalue weighted by Gasteiger charge is 2.32. The highest BCUT2D eigenvalue weighted by Crippen LogP contribution is 2.23. The molecule has 5 nitrogen and oxygen atoms in total. The summed E-state index contributed by atoms with van der Waals surface area (Å²) in [4.78, 5) is 6.72. The number of pyridine rings is 1. The van der Waals surface area contributed by atoms with Crippen molar-refractivity contribution in [3.8, 4) is 0 Å². The number of aromatic nitrogens is 1. The molecule has 3 rings (SSSR count). The van der Waals surface area contributed by atoms with Gasteiger partial charge in [0.15, 0.2) is 0 Å². The van der Waals surface area contributed by atoms with E-state index in [0.29, 0.717) is 11.4 Å². The van der Waals surface area contributed by atoms with Crippen molar-refractivity contribution in [1.29, 1.82) is 0 Å². The lowest BCUT2D eigenvalue weighted by atomic mass is 10.1. The largest absolute Gasteiger partial charge is 0.304 e. The molecule has 0 aliphatic carbocycles. The molecular weight excluding hydrogens is 298 g/mol. The second-order valence-corrected chi connectivity index (χ2v) is 7.95. The quantitative estimate of drug-likeness (QED) is 0.936. The van der Waals surface area contributed by atoms with Crippen LogP contribution in [-0.4, -0.2) is 44.5 Å². The molecule has 1 aliphatic rings. The van der Waals surface area contributed by atoms with Crippen LogP contribution in [0.3, 0.4) is 0 Å². The van der Waals surface area contributed by atoms with Crippen molar-refractivity contribution in [1.82, 2.24) is 14.6 Å². The Balaban J connectivity index is 1.99. The fourth-order valence-corrected chi connectivity index (χ4v) is 4.60. The first kappa shape index (κ1) is 15.4. The monoisotopic (exact) mass is 319 g/mol. The maximum Gasteiger partial charge on any atom is 0.243 e. The Hall–Kier alpha value is -1.50. The number of likely N-dealkylation sites (tertiary alicyclic amines) is 1. The molecule has 1 aromatic carbocycles. The van der Waals surface area contributed by atoms with Gasteiger partial charge in [-0.15, -0.1) is 0 Å². The Bertz CT molecular complexity index is 804. The second-order valence-electron chi connectivity index (χ2n) is 6.27. The number of hydrogen-bond acceptors (Lipinski definition) is 4. The second kappa shape index (κ2) is 5.61. The topological polar surface area (TPSA) is 62.3 Å². The van der Waals surface area contributed by atoms with E-state index in [2.05, 4.69) is 21.5 Å². The Morgan fingerprint density at radius 3 is 2.77 bits per heavy atom. The number of nitrogens with one attached hydrogen (secondary N) is 1. The first-order valence-corrected chi connectivity index (χ1v) is 8.91. The third-order valence-electron chi connectivity index (χ3n) is 4.20. The van der Waals surface area contributed by atoms with Crippen LogP contribution in [0.5, 0.6) is 0 Å². The first-order chi connectivity index (χ1) is 10.4. The summed E-state index contributed by atoms with van der Waals surface area (Å²) in [6.07, 6.45) is 1.70. The average molecular weight is 319 g/mol. The Labute approximate surface area is 131 Å². The van der Waals surface area contributed by atoms with Crippen molar-refractivity contribution in [2.45, 2.75) is 24.8 Å². The van der Waals surface area contributed by atoms with Gasteiger partial charge in [0.05, 0.1) is 5.52 Å². The van der Waals surface area contributed by atoms with Crippen molar-refractivity contribution in [2.75, 3.05) is 20.1 Å². The van der Waals surface area contributed by atoms with Crippen molar-refractivity contribution in [3.05, 3.63) is 36.0 Å². The predicted molar refractivity (Wildman–Crippen MR) is 87.3 cm³/mol. The van der Waals surface area contributed by atoms with Gasteiger partial charge in [-0.2, -0.15) is 0 Å². The number of aryl methyl sites for hydroxylation is 1. The van der Waals surface area contributed by atoms with Crippen molar-refractivity contribution >= 4 is 20.9 Å². The van der Waals surface area contributed by atoms with E-state index >= 15 is 0 Å². The molecule has 2 heterocycles. The maximum absolute atomic E-state index is 12.8. The summed E-state index contributed by atoms with van der Waals surface area (Å²) in [6.45, 7) is 5.65. The van der Waals surface area contributed by atoms with Gasteiger partial charge < -0.3 is 4.90 Å². The van der Waals surface area contributed by atoms with Gasteiger partial charge in [0.25, 0.3) is 0 Å². The summed E-state index contributed by atoms with van der Waals surface area (Å²) in [5.74, 6) is 0.296. The van der Waals surface area contributed by atoms with Crippen molar-refractivity contribution in [2.24, 2.45) is 5.92 Å². The van der Waals surface area contributed by atoms with Crippen molar-refractivity contribution in [3.63, 3.8) is 0 Å². The van der Waals surface area contributed by atoms with E-state index in [-0.39, 0.29) is 10.9 Å². The van der Waals surface area contributed by atoms with Crippen LogP contribution in [0.2, 0.25) is 0 Å². The van der Waals surface area contributed by atoms with E-state index in [1.54, 1.807) is 18.3 Å². The van der Waals surface area contributed by atoms with Gasteiger partial charge in [-0.05, 0) is 37.6 Å². The summed E-state index contributed by atoms with van der Waals surface area (Å²) < 4.78 is 28.4. The molecule has 22 heavy (non-hydrogen) atoms. The summed E-state index contributed by atoms with van der Waals surface area (Å²) in [5, 5.41) is 0.847. The minimum Gasteiger partial charge on any atom is -0.304 e. The van der Waals surface area contributed by atoms with Crippen LogP contribution < -0.4 is 4.72 Å². The lowest BCUT2D eigenvalue weighted by Gasteiger charge is -2.17. The van der Waals surface area contributed by atoms with Crippen LogP contribution in [0.4, 0.5) is 0 Å². The minimum absolute atomic E-state index is 0.0595. The van der Waals surface area contributed by atoms with Crippen LogP contribution in [0.15, 0.2) is 35.4 Å². The van der Waals surface area contributed by atoms with Gasteiger partial charge in [0.1, 0.15) is 4.90 Å². The fourth-order valence-electron chi connectivity index (χ4n) is 3.09. The zero-order chi connectivity index (χ0) is 15.9. The van der Waals surface area contributed by atoms with Gasteiger partial charge in [-0.1, -0.05) is 19.1 Å². The number of sulfonamides is 1. The zero-order valence-electron chi connectivity index (χ0n) is 13.1. The van der Waals surface area contributed by atoms with Crippen LogP contribution in [0.25, 0.3) is 10.9 Å². The van der Waals surface area contributed by atoms with Crippen LogP contribution in [0.1, 0.15) is 12.5 Å². The fraction of sp³-hybridized carbons (Fsp3) is 0.438. The van der Waals surface area contributed by atoms with Gasteiger partial charge >= 0.3 is 0 Å². The van der Waals surface area contributed by atoms with Gasteiger partial charge in [-0.3, -0.25) is 4.98 Å². The molecule has 2 unspecified atom stereocenters. The molecule has 0 amide bonds. The number of rotatable bonds is 3. The third-order valence-corrected chi connectivity index (χ3v) is 5.72. The Morgan fingerprint density at radius 1 is 1.32 bits per heavy atom. The summed E-state index contributed by atoms with van der Waals surface area (Å²) >= 11 is 0. The number of para-hydroxylation sites is 1. The normalized spacial score (nSPS) is 23.2. The smallest absolute Gasteiger partial charge is 0.243 e. The molecule has 6 heteroatoms. The lowest BCUT2D eigenvalue weighted by Crippen LogP contribution is -2.39. The molecule has 0 saturated carbocycles. The summed E-state index contributed by atoms with van der Waals surface area (Å²) in [5.41, 5.74) is 1.54. The molecule has 0 spiro atoms. The van der Waals surface area contributed by atoms with Crippen molar-refractivity contribution < 1.29 is 8.42 Å². The molecule has 1 fully saturated rings. The first-order valence-electron chi connectivity index (χ1n) is 7.43. The number of nitrogens with zero attached hydrogens (tertiary/aromatic N) is 2. The van der Waals surface area contributed by atoms with Crippen LogP contribution in [-0.2, 0) is 10.0 Å². The SMILES string of the molecule is Cc1cnc2c(S(=O)(=O)NC3CN(C)CC3C)cccc2c1. The average Bonchev–Trinajstić information content (AvgIpc) is 2.75. The standard InChI is InChI=1S/C16H21N3O2S/c1-11-7-13-5-4-6-15(16(13)17-8-11)22(20,21)18-14-10-19(3)9-12(14)2/h4-8,12,14,18H,9-10H2,1-3H3. The zero-order valence-corrected chi connectivity index (χ0v) is 13.9. The number of fused-ring (bicyclic) bond motifs is 1. The van der Waals surface area contributed by atoms with E-state index in [0.717, 1.165) is 24.0 Å². The molecule has 1 aromatic heterocycles. The number of hydrogen-bond donors (Lipinski definition) is 1. The Kier molecular flexibility index (Phi) is 3.92. The highest BCUT2D eigenvalue weighted by molar-refractivity contribution is 7.89. The molecule has 2 atom stereocenters. The Morgan fingerprint density at radius 2 is 2.09 bits per heavy atom. The molecule has 2 aromatic rings. The lowest BCUT2D eigenvalue weighted by molar-refractivity contribution is 0.400. The van der Waals surface area contributed by atoms with Gasteiger partial charge in [0, 0.05) is 30.7 Å². The van der Waals surface area contributed by atoms with E-state index in [1.807, 2.05) is 26.1 Å². The predicted octanol–water partition coefficient (Wildman–Crippen LogP) is 1.77. The summed E-state index contributed by atoms with van der Waals surface area (Å²) in [7, 11) is -1.57. The summed E-state index contributed by atoms with van der Waals surface area (Å²) in [6, 6.07) is 7.17. The van der Waals surface area contributed by atoms with E-state index in [9.17, 15) is 8.42 Å². The third kappa shape index (κ3) is 2.86. The molecule has 1 aliphatic heterocycles. The maximum atomic E-state index is 12.8. The number of likely N-dealkylation sites (N-methyl/N-ethyl adjacent to an activating group) is 1. The molecule has 0 radical (unpaired) electrons. The van der Waals surface area contributed by atoms with Crippen LogP contribution in [0, 0.1) is 12.8 Å². The van der Waals surface area contributed by atoms with E-state index < -0.39 is 10.0 Å². The van der Waals surface area contributed by atoms with Crippen LogP contribution >= 0.6 is 0 Å². The molecule has 118 valence electrons. The van der Waals surface area contributed by atoms with E-state index in [1.165, 1.54) is 0 Å². The molecule has 0 bridgehead atoms. The minimum atomic E-state index is -3.58. The number of benzene rings is 1. The molecular formula is C16H21N3O2S. The molecule has 1 saturated heterocycles. The van der Waals surface area contributed by atoms with Gasteiger partial charge in [0.2, 0.25) is 10.0 Å².